The monoisotopic (exact) mass is 346 g/mol. The number of carbonyl (C=O) groups excluding carboxylic acids is 2. The van der Waals surface area contributed by atoms with Gasteiger partial charge in [-0.05, 0) is 6.42 Å². The summed E-state index contributed by atoms with van der Waals surface area (Å²) in [5.41, 5.74) is -0.472. The van der Waals surface area contributed by atoms with Crippen molar-refractivity contribution >= 4 is 27.7 Å². The van der Waals surface area contributed by atoms with Gasteiger partial charge in [0.05, 0.1) is 20.0 Å². The summed E-state index contributed by atoms with van der Waals surface area (Å²) in [6, 6.07) is 1.15. The highest BCUT2D eigenvalue weighted by Gasteiger charge is 2.31. The van der Waals surface area contributed by atoms with Crippen molar-refractivity contribution in [3.05, 3.63) is 28.3 Å². The Balaban J connectivity index is 3.05. The van der Waals surface area contributed by atoms with E-state index in [2.05, 4.69) is 20.7 Å². The maximum Gasteiger partial charge on any atom is 0.327 e. The second kappa shape index (κ2) is 7.84. The van der Waals surface area contributed by atoms with E-state index < -0.39 is 22.0 Å². The molecule has 0 aliphatic rings. The maximum absolute atomic E-state index is 12.1. The van der Waals surface area contributed by atoms with Gasteiger partial charge < -0.3 is 13.9 Å². The van der Waals surface area contributed by atoms with Gasteiger partial charge in [0.25, 0.3) is 0 Å². The van der Waals surface area contributed by atoms with Crippen LogP contribution in [0.1, 0.15) is 30.3 Å². The molecule has 20 heavy (non-hydrogen) atoms. The van der Waals surface area contributed by atoms with Crippen molar-refractivity contribution in [2.45, 2.75) is 24.6 Å². The molecule has 0 spiro atoms. The van der Waals surface area contributed by atoms with Crippen LogP contribution in [-0.2, 0) is 9.53 Å². The smallest absolute Gasteiger partial charge is 0.327 e. The molecule has 1 rings (SSSR count). The zero-order chi connectivity index (χ0) is 15.1. The Morgan fingerprint density at radius 2 is 2.15 bits per heavy atom. The van der Waals surface area contributed by atoms with Gasteiger partial charge in [-0.15, -0.1) is 0 Å². The van der Waals surface area contributed by atoms with Gasteiger partial charge in [0.15, 0.2) is 4.83 Å². The lowest BCUT2D eigenvalue weighted by molar-refractivity contribution is -0.138. The SMILES string of the molecule is CCCCOc1c(C(=O)C(Br)C(=O)OC)occc1=O. The highest BCUT2D eigenvalue weighted by molar-refractivity contribution is 9.10. The fourth-order valence-electron chi connectivity index (χ4n) is 1.36. The molecule has 0 amide bonds. The zero-order valence-electron chi connectivity index (χ0n) is 11.2. The topological polar surface area (TPSA) is 82.8 Å². The molecule has 0 saturated carbocycles. The van der Waals surface area contributed by atoms with Crippen molar-refractivity contribution in [2.24, 2.45) is 0 Å². The van der Waals surface area contributed by atoms with Crippen molar-refractivity contribution in [3.8, 4) is 5.75 Å². The first kappa shape index (κ1) is 16.4. The number of hydrogen-bond donors (Lipinski definition) is 0. The summed E-state index contributed by atoms with van der Waals surface area (Å²) < 4.78 is 14.8. The number of alkyl halides is 1. The summed E-state index contributed by atoms with van der Waals surface area (Å²) in [6.45, 7) is 2.26. The number of ketones is 1. The summed E-state index contributed by atoms with van der Waals surface area (Å²) >= 11 is 2.90. The first-order valence-electron chi connectivity index (χ1n) is 6.03. The molecule has 1 aromatic heterocycles. The average molecular weight is 347 g/mol. The van der Waals surface area contributed by atoms with Crippen molar-refractivity contribution in [1.82, 2.24) is 0 Å². The van der Waals surface area contributed by atoms with Crippen LogP contribution in [0.3, 0.4) is 0 Å². The van der Waals surface area contributed by atoms with Crippen LogP contribution in [0.4, 0.5) is 0 Å². The molecule has 0 bridgehead atoms. The fraction of sp³-hybridized carbons (Fsp3) is 0.462. The minimum atomic E-state index is -1.24. The van der Waals surface area contributed by atoms with E-state index in [0.717, 1.165) is 32.3 Å². The molecule has 0 aromatic carbocycles. The van der Waals surface area contributed by atoms with E-state index in [1.165, 1.54) is 0 Å². The van der Waals surface area contributed by atoms with Crippen LogP contribution >= 0.6 is 15.9 Å². The summed E-state index contributed by atoms with van der Waals surface area (Å²) in [5.74, 6) is -1.97. The van der Waals surface area contributed by atoms with Crippen LogP contribution < -0.4 is 10.2 Å². The predicted molar refractivity (Wildman–Crippen MR) is 74.4 cm³/mol. The Morgan fingerprint density at radius 1 is 1.45 bits per heavy atom. The molecule has 110 valence electrons. The average Bonchev–Trinajstić information content (AvgIpc) is 2.46. The van der Waals surface area contributed by atoms with Gasteiger partial charge >= 0.3 is 5.97 Å². The lowest BCUT2D eigenvalue weighted by Crippen LogP contribution is -2.27. The highest BCUT2D eigenvalue weighted by atomic mass is 79.9. The van der Waals surface area contributed by atoms with E-state index >= 15 is 0 Å². The third-order valence-corrected chi connectivity index (χ3v) is 3.23. The standard InChI is InChI=1S/C13H15BrO6/c1-3-4-6-19-11-8(15)5-7-20-12(11)10(16)9(14)13(17)18-2/h5,7,9H,3-4,6H2,1-2H3. The van der Waals surface area contributed by atoms with Crippen LogP contribution in [0.25, 0.3) is 0 Å². The van der Waals surface area contributed by atoms with Crippen molar-refractivity contribution in [3.63, 3.8) is 0 Å². The summed E-state index contributed by atoms with van der Waals surface area (Å²) in [5, 5.41) is 0. The van der Waals surface area contributed by atoms with Crippen LogP contribution in [0.2, 0.25) is 0 Å². The normalized spacial score (nSPS) is 11.8. The molecule has 0 aliphatic carbocycles. The van der Waals surface area contributed by atoms with Crippen molar-refractivity contribution < 1.29 is 23.5 Å². The van der Waals surface area contributed by atoms with Crippen LogP contribution in [0.5, 0.6) is 5.75 Å². The van der Waals surface area contributed by atoms with E-state index in [0.29, 0.717) is 0 Å². The van der Waals surface area contributed by atoms with Crippen molar-refractivity contribution in [2.75, 3.05) is 13.7 Å². The molecule has 0 radical (unpaired) electrons. The number of esters is 1. The summed E-state index contributed by atoms with van der Waals surface area (Å²) in [4.78, 5) is 33.9. The van der Waals surface area contributed by atoms with Gasteiger partial charge in [0.1, 0.15) is 0 Å². The largest absolute Gasteiger partial charge is 0.486 e. The van der Waals surface area contributed by atoms with Crippen LogP contribution in [0.15, 0.2) is 21.5 Å². The fourth-order valence-corrected chi connectivity index (χ4v) is 1.75. The third-order valence-electron chi connectivity index (χ3n) is 2.44. The van der Waals surface area contributed by atoms with E-state index in [9.17, 15) is 14.4 Å². The van der Waals surface area contributed by atoms with Gasteiger partial charge in [-0.1, -0.05) is 29.3 Å². The van der Waals surface area contributed by atoms with Crippen molar-refractivity contribution in [1.29, 1.82) is 0 Å². The Hall–Kier alpha value is -1.63. The number of Topliss-reactive ketones (excluding diaryl/α,β-unsaturated/α-hetero) is 1. The van der Waals surface area contributed by atoms with Gasteiger partial charge in [-0.2, -0.15) is 0 Å². The first-order chi connectivity index (χ1) is 9.52. The van der Waals surface area contributed by atoms with Gasteiger partial charge in [-0.3, -0.25) is 14.4 Å². The number of unbranched alkanes of at least 4 members (excludes halogenated alkanes) is 1. The molecular weight excluding hydrogens is 332 g/mol. The van der Waals surface area contributed by atoms with Gasteiger partial charge in [0, 0.05) is 6.07 Å². The first-order valence-corrected chi connectivity index (χ1v) is 6.95. The van der Waals surface area contributed by atoms with Crippen LogP contribution in [0, 0.1) is 0 Å². The predicted octanol–water partition coefficient (Wildman–Crippen LogP) is 1.94. The number of ether oxygens (including phenoxy) is 2. The van der Waals surface area contributed by atoms with E-state index in [-0.39, 0.29) is 18.1 Å². The second-order valence-corrected chi connectivity index (χ2v) is 4.81. The highest BCUT2D eigenvalue weighted by Crippen LogP contribution is 2.19. The number of rotatable bonds is 7. The lowest BCUT2D eigenvalue weighted by Gasteiger charge is -2.10. The quantitative estimate of drug-likeness (QED) is 0.246. The Kier molecular flexibility index (Phi) is 6.44. The third kappa shape index (κ3) is 3.93. The van der Waals surface area contributed by atoms with Gasteiger partial charge in [0.2, 0.25) is 22.7 Å². The minimum absolute atomic E-state index is 0.181. The number of carbonyl (C=O) groups is 2. The van der Waals surface area contributed by atoms with E-state index in [1.54, 1.807) is 0 Å². The number of hydrogen-bond acceptors (Lipinski definition) is 6. The molecule has 0 aliphatic heterocycles. The van der Waals surface area contributed by atoms with E-state index in [4.69, 9.17) is 9.15 Å². The molecule has 0 fully saturated rings. The molecule has 6 nitrogen and oxygen atoms in total. The lowest BCUT2D eigenvalue weighted by atomic mass is 10.2. The Labute approximate surface area is 124 Å². The number of halogens is 1. The molecule has 1 heterocycles. The Bertz CT molecular complexity index is 536. The van der Waals surface area contributed by atoms with Gasteiger partial charge in [-0.25, -0.2) is 0 Å². The molecule has 0 N–H and O–H groups in total. The van der Waals surface area contributed by atoms with Crippen LogP contribution in [-0.4, -0.2) is 30.3 Å². The van der Waals surface area contributed by atoms with E-state index in [1.807, 2.05) is 6.92 Å². The minimum Gasteiger partial charge on any atom is -0.486 e. The maximum atomic E-state index is 12.1. The molecule has 7 heteroatoms. The Morgan fingerprint density at radius 3 is 2.75 bits per heavy atom. The second-order valence-electron chi connectivity index (χ2n) is 3.90. The number of methoxy groups -OCH3 is 1. The molecule has 1 unspecified atom stereocenters. The molecule has 1 atom stereocenters. The summed E-state index contributed by atoms with van der Waals surface area (Å²) in [6.07, 6.45) is 2.70. The molecule has 0 saturated heterocycles. The molecule has 1 aromatic rings. The summed E-state index contributed by atoms with van der Waals surface area (Å²) in [7, 11) is 1.16. The molecular formula is C13H15BrO6. The zero-order valence-corrected chi connectivity index (χ0v) is 12.8.